The van der Waals surface area contributed by atoms with Crippen LogP contribution in [-0.4, -0.2) is 43.1 Å². The fourth-order valence-corrected chi connectivity index (χ4v) is 5.91. The van der Waals surface area contributed by atoms with Crippen molar-refractivity contribution in [3.8, 4) is 11.5 Å². The number of hydrogen-bond acceptors (Lipinski definition) is 6. The quantitative estimate of drug-likeness (QED) is 0.634. The van der Waals surface area contributed by atoms with Gasteiger partial charge in [-0.05, 0) is 41.8 Å². The molecule has 162 valence electrons. The van der Waals surface area contributed by atoms with E-state index in [-0.39, 0.29) is 17.9 Å². The largest absolute Gasteiger partial charge is 0.493 e. The highest BCUT2D eigenvalue weighted by Crippen LogP contribution is 2.41. The van der Waals surface area contributed by atoms with E-state index in [0.717, 1.165) is 11.1 Å². The number of nitrogens with zero attached hydrogens (tertiary/aromatic N) is 2. The minimum absolute atomic E-state index is 0.118. The third-order valence-electron chi connectivity index (χ3n) is 5.56. The summed E-state index contributed by atoms with van der Waals surface area (Å²) in [6, 6.07) is 14.9. The highest BCUT2D eigenvalue weighted by atomic mass is 32.2. The topological polar surface area (TPSA) is 89.0 Å². The second kappa shape index (κ2) is 8.66. The molecule has 0 spiro atoms. The van der Waals surface area contributed by atoms with E-state index in [1.807, 2.05) is 12.1 Å². The molecule has 3 aromatic rings. The number of hydrogen-bond donors (Lipinski definition) is 1. The molecule has 2 heterocycles. The third-order valence-corrected chi connectivity index (χ3v) is 7.50. The van der Waals surface area contributed by atoms with Crippen LogP contribution in [0, 0.1) is 0 Å². The van der Waals surface area contributed by atoms with Crippen molar-refractivity contribution in [3.05, 3.63) is 83.7 Å². The van der Waals surface area contributed by atoms with Gasteiger partial charge in [-0.2, -0.15) is 4.31 Å². The van der Waals surface area contributed by atoms with E-state index in [1.165, 1.54) is 10.4 Å². The zero-order valence-electron chi connectivity index (χ0n) is 17.3. The number of sulfonamides is 1. The molecular formula is C23H24N2O5S. The van der Waals surface area contributed by atoms with Crippen molar-refractivity contribution < 1.29 is 23.0 Å². The normalized spacial score (nSPS) is 20.1. The molecule has 4 rings (SSSR count). The average molecular weight is 441 g/mol. The van der Waals surface area contributed by atoms with E-state index in [1.54, 1.807) is 63.0 Å². The van der Waals surface area contributed by atoms with Gasteiger partial charge in [-0.1, -0.05) is 30.3 Å². The molecule has 1 N–H and O–H groups in total. The van der Waals surface area contributed by atoms with E-state index in [0.29, 0.717) is 17.1 Å². The van der Waals surface area contributed by atoms with Crippen molar-refractivity contribution in [2.45, 2.75) is 30.0 Å². The van der Waals surface area contributed by atoms with Crippen molar-refractivity contribution in [1.82, 2.24) is 9.29 Å². The molecule has 0 saturated heterocycles. The number of aromatic nitrogens is 1. The molecule has 0 aliphatic carbocycles. The Morgan fingerprint density at radius 2 is 1.74 bits per heavy atom. The van der Waals surface area contributed by atoms with Gasteiger partial charge in [-0.15, -0.1) is 0 Å². The lowest BCUT2D eigenvalue weighted by atomic mass is 9.94. The van der Waals surface area contributed by atoms with Crippen LogP contribution in [0.3, 0.4) is 0 Å². The zero-order valence-corrected chi connectivity index (χ0v) is 18.1. The molecule has 0 radical (unpaired) electrons. The van der Waals surface area contributed by atoms with Crippen molar-refractivity contribution in [2.24, 2.45) is 0 Å². The van der Waals surface area contributed by atoms with Gasteiger partial charge >= 0.3 is 0 Å². The van der Waals surface area contributed by atoms with E-state index in [2.05, 4.69) is 4.98 Å². The second-order valence-electron chi connectivity index (χ2n) is 7.31. The highest BCUT2D eigenvalue weighted by molar-refractivity contribution is 7.89. The van der Waals surface area contributed by atoms with Crippen LogP contribution >= 0.6 is 0 Å². The maximum absolute atomic E-state index is 13.6. The summed E-state index contributed by atoms with van der Waals surface area (Å²) in [7, 11) is -0.747. The molecule has 7 nitrogen and oxygen atoms in total. The third kappa shape index (κ3) is 3.89. The number of fused-ring (bicyclic) bond motifs is 1. The number of rotatable bonds is 6. The SMILES string of the molecule is COc1cccc(C[C@H]2[C@H](O)c3ccccc3S(=O)(=O)N2Cc2ccncc2)c1OC. The van der Waals surface area contributed by atoms with Gasteiger partial charge in [0.05, 0.1) is 31.3 Å². The monoisotopic (exact) mass is 440 g/mol. The predicted molar refractivity (Wildman–Crippen MR) is 115 cm³/mol. The van der Waals surface area contributed by atoms with E-state index in [9.17, 15) is 13.5 Å². The first-order valence-electron chi connectivity index (χ1n) is 9.85. The maximum Gasteiger partial charge on any atom is 0.244 e. The van der Waals surface area contributed by atoms with Crippen LogP contribution in [0.1, 0.15) is 22.8 Å². The molecule has 2 aromatic carbocycles. The molecule has 0 unspecified atom stereocenters. The average Bonchev–Trinajstić information content (AvgIpc) is 2.80. The number of ether oxygens (including phenoxy) is 2. The second-order valence-corrected chi connectivity index (χ2v) is 9.17. The Bertz CT molecular complexity index is 1170. The van der Waals surface area contributed by atoms with Gasteiger partial charge in [0.1, 0.15) is 0 Å². The molecular weight excluding hydrogens is 416 g/mol. The smallest absolute Gasteiger partial charge is 0.244 e. The summed E-state index contributed by atoms with van der Waals surface area (Å²) >= 11 is 0. The van der Waals surface area contributed by atoms with Crippen molar-refractivity contribution >= 4 is 10.0 Å². The Balaban J connectivity index is 1.82. The van der Waals surface area contributed by atoms with Crippen LogP contribution in [0.4, 0.5) is 0 Å². The molecule has 0 fully saturated rings. The summed E-state index contributed by atoms with van der Waals surface area (Å²) in [6.07, 6.45) is 2.49. The fourth-order valence-electron chi connectivity index (χ4n) is 4.05. The van der Waals surface area contributed by atoms with Gasteiger partial charge in [-0.3, -0.25) is 4.98 Å². The highest BCUT2D eigenvalue weighted by Gasteiger charge is 2.43. The summed E-state index contributed by atoms with van der Waals surface area (Å²) < 4.78 is 39.4. The van der Waals surface area contributed by atoms with Gasteiger partial charge in [0.2, 0.25) is 10.0 Å². The lowest BCUT2D eigenvalue weighted by Crippen LogP contribution is -2.48. The van der Waals surface area contributed by atoms with Crippen LogP contribution in [0.2, 0.25) is 0 Å². The van der Waals surface area contributed by atoms with E-state index in [4.69, 9.17) is 9.47 Å². The first-order chi connectivity index (χ1) is 15.0. The van der Waals surface area contributed by atoms with Crippen LogP contribution in [-0.2, 0) is 23.0 Å². The van der Waals surface area contributed by atoms with Crippen molar-refractivity contribution in [3.63, 3.8) is 0 Å². The number of methoxy groups -OCH3 is 2. The lowest BCUT2D eigenvalue weighted by Gasteiger charge is -2.39. The van der Waals surface area contributed by atoms with Gasteiger partial charge in [0, 0.05) is 24.5 Å². The number of aliphatic hydroxyl groups excluding tert-OH is 1. The summed E-state index contributed by atoms with van der Waals surface area (Å²) in [5.41, 5.74) is 1.94. The lowest BCUT2D eigenvalue weighted by molar-refractivity contribution is 0.0765. The number of para-hydroxylation sites is 1. The Hall–Kier alpha value is -2.94. The molecule has 0 amide bonds. The van der Waals surface area contributed by atoms with Gasteiger partial charge < -0.3 is 14.6 Å². The Morgan fingerprint density at radius 1 is 1.00 bits per heavy atom. The van der Waals surface area contributed by atoms with Crippen molar-refractivity contribution in [2.75, 3.05) is 14.2 Å². The molecule has 8 heteroatoms. The first kappa shape index (κ1) is 21.3. The van der Waals surface area contributed by atoms with Crippen LogP contribution in [0.25, 0.3) is 0 Å². The minimum atomic E-state index is -3.84. The molecule has 2 atom stereocenters. The Morgan fingerprint density at radius 3 is 2.45 bits per heavy atom. The maximum atomic E-state index is 13.6. The van der Waals surface area contributed by atoms with Crippen LogP contribution in [0.5, 0.6) is 11.5 Å². The number of benzene rings is 2. The molecule has 1 aliphatic rings. The van der Waals surface area contributed by atoms with Crippen LogP contribution < -0.4 is 9.47 Å². The summed E-state index contributed by atoms with van der Waals surface area (Å²) in [5.74, 6) is 1.08. The van der Waals surface area contributed by atoms with Crippen LogP contribution in [0.15, 0.2) is 71.9 Å². The molecule has 31 heavy (non-hydrogen) atoms. The van der Waals surface area contributed by atoms with Gasteiger partial charge in [-0.25, -0.2) is 8.42 Å². The van der Waals surface area contributed by atoms with E-state index < -0.39 is 22.2 Å². The molecule has 0 saturated carbocycles. The zero-order chi connectivity index (χ0) is 22.0. The standard InChI is InChI=1S/C23H24N2O5S/c1-29-20-8-5-6-17(23(20)30-2)14-19-22(26)18-7-3-4-9-21(18)31(27,28)25(19)15-16-10-12-24-13-11-16/h3-13,19,22,26H,14-15H2,1-2H3/t19-,22+/m0/s1. The molecule has 1 aliphatic heterocycles. The Kier molecular flexibility index (Phi) is 5.95. The first-order valence-corrected chi connectivity index (χ1v) is 11.3. The molecule has 1 aromatic heterocycles. The van der Waals surface area contributed by atoms with Gasteiger partial charge in [0.15, 0.2) is 11.5 Å². The number of aliphatic hydroxyl groups is 1. The summed E-state index contributed by atoms with van der Waals surface area (Å²) in [4.78, 5) is 4.14. The minimum Gasteiger partial charge on any atom is -0.493 e. The van der Waals surface area contributed by atoms with E-state index >= 15 is 0 Å². The van der Waals surface area contributed by atoms with Gasteiger partial charge in [0.25, 0.3) is 0 Å². The summed E-state index contributed by atoms with van der Waals surface area (Å²) in [6.45, 7) is 0.118. The van der Waals surface area contributed by atoms with Crippen molar-refractivity contribution in [1.29, 1.82) is 0 Å². The Labute approximate surface area is 181 Å². The number of pyridine rings is 1. The summed E-state index contributed by atoms with van der Waals surface area (Å²) in [5, 5.41) is 11.3. The molecule has 0 bridgehead atoms. The predicted octanol–water partition coefficient (Wildman–Crippen LogP) is 2.95. The fraction of sp³-hybridized carbons (Fsp3) is 0.261.